The summed E-state index contributed by atoms with van der Waals surface area (Å²) >= 11 is 6.23. The van der Waals surface area contributed by atoms with E-state index in [-0.39, 0.29) is 0 Å². The molecule has 1 rings (SSSR count). The molecule has 0 spiro atoms. The van der Waals surface area contributed by atoms with Gasteiger partial charge >= 0.3 is 5.75 Å². The van der Waals surface area contributed by atoms with Gasteiger partial charge in [-0.2, -0.15) is 0 Å². The van der Waals surface area contributed by atoms with Gasteiger partial charge in [0.1, 0.15) is 11.9 Å². The van der Waals surface area contributed by atoms with Crippen molar-refractivity contribution in [3.8, 4) is 5.75 Å². The summed E-state index contributed by atoms with van der Waals surface area (Å²) in [5.74, 6) is 0.832. The van der Waals surface area contributed by atoms with Gasteiger partial charge in [-0.1, -0.05) is 0 Å². The van der Waals surface area contributed by atoms with Crippen molar-refractivity contribution in [3.05, 3.63) is 24.3 Å². The van der Waals surface area contributed by atoms with Gasteiger partial charge in [0.25, 0.3) is 7.11 Å². The highest BCUT2D eigenvalue weighted by molar-refractivity contribution is 8.18. The van der Waals surface area contributed by atoms with E-state index in [4.69, 9.17) is 17.0 Å². The van der Waals surface area contributed by atoms with Crippen LogP contribution < -0.4 is 15.2 Å². The Labute approximate surface area is 86.8 Å². The summed E-state index contributed by atoms with van der Waals surface area (Å²) in [6.07, 6.45) is 0. The lowest BCUT2D eigenvalue weighted by Crippen LogP contribution is -2.39. The molecule has 13 heavy (non-hydrogen) atoms. The number of thiocarbonyl (C=S) groups is 1. The third kappa shape index (κ3) is 3.22. The number of anilines is 1. The predicted molar refractivity (Wildman–Crippen MR) is 59.7 cm³/mol. The van der Waals surface area contributed by atoms with Crippen LogP contribution in [0.25, 0.3) is 0 Å². The summed E-state index contributed by atoms with van der Waals surface area (Å²) in [5.41, 5.74) is 0.946. The van der Waals surface area contributed by atoms with E-state index >= 15 is 0 Å². The van der Waals surface area contributed by atoms with E-state index in [1.54, 1.807) is 7.11 Å². The smallest absolute Gasteiger partial charge is 0.337 e. The number of quaternary nitrogens is 1. The fourth-order valence-electron chi connectivity index (χ4n) is 0.828. The summed E-state index contributed by atoms with van der Waals surface area (Å²) < 4.78 is 5.68. The largest absolute Gasteiger partial charge is 0.343 e. The molecule has 0 bridgehead atoms. The number of nitrogens with one attached hydrogen (secondary N) is 1. The van der Waals surface area contributed by atoms with Gasteiger partial charge in [-0.05, 0) is 24.4 Å². The molecule has 1 aromatic rings. The van der Waals surface area contributed by atoms with Crippen molar-refractivity contribution in [2.75, 3.05) is 12.4 Å². The maximum Gasteiger partial charge on any atom is 0.343 e. The molecule has 0 unspecified atom stereocenters. The van der Waals surface area contributed by atoms with Crippen LogP contribution in [-0.2, 0) is 0 Å². The maximum atomic E-state index is 5.02. The van der Waals surface area contributed by atoms with E-state index in [9.17, 15) is 0 Å². The molecule has 0 aliphatic heterocycles. The highest BCUT2D eigenvalue weighted by Crippen LogP contribution is 2.15. The summed E-state index contributed by atoms with van der Waals surface area (Å²) in [4.78, 5) is 0. The monoisotopic (exact) mass is 215 g/mol. The number of ether oxygens (including phenoxy) is 1. The van der Waals surface area contributed by atoms with Crippen molar-refractivity contribution in [2.45, 2.75) is 0 Å². The first-order chi connectivity index (χ1) is 6.26. The Morgan fingerprint density at radius 1 is 1.46 bits per heavy atom. The van der Waals surface area contributed by atoms with Crippen LogP contribution in [0, 0.1) is 0 Å². The molecule has 0 aliphatic carbocycles. The number of benzene rings is 1. The minimum Gasteiger partial charge on any atom is -0.337 e. The summed E-state index contributed by atoms with van der Waals surface area (Å²) in [6, 6.07) is 7.56. The molecular formula is C8H11N2OS2+2. The number of rotatable bonds is 2. The first-order valence-corrected chi connectivity index (χ1v) is 5.02. The molecule has 5 heteroatoms. The molecule has 3 nitrogen and oxygen atoms in total. The van der Waals surface area contributed by atoms with Gasteiger partial charge < -0.3 is 5.32 Å². The second-order valence-corrected chi connectivity index (χ2v) is 3.65. The van der Waals surface area contributed by atoms with Crippen molar-refractivity contribution in [2.24, 2.45) is 0 Å². The topological polar surface area (TPSA) is 51.0 Å². The van der Waals surface area contributed by atoms with E-state index in [0.717, 1.165) is 11.4 Å². The number of hydrogen-bond acceptors (Lipinski definition) is 3. The Kier molecular flexibility index (Phi) is 4.01. The van der Waals surface area contributed by atoms with Gasteiger partial charge in [-0.25, -0.2) is 0 Å². The van der Waals surface area contributed by atoms with E-state index in [0.29, 0.717) is 4.32 Å². The summed E-state index contributed by atoms with van der Waals surface area (Å²) in [5, 5.41) is 6.62. The lowest BCUT2D eigenvalue weighted by molar-refractivity contribution is -0.133. The normalized spacial score (nSPS) is 9.38. The van der Waals surface area contributed by atoms with E-state index in [1.807, 2.05) is 24.3 Å². The van der Waals surface area contributed by atoms with E-state index in [2.05, 4.69) is 10.5 Å². The van der Waals surface area contributed by atoms with Crippen LogP contribution in [0.3, 0.4) is 0 Å². The Bertz CT molecular complexity index is 287. The van der Waals surface area contributed by atoms with Crippen LogP contribution in [0.2, 0.25) is 0 Å². The molecule has 1 radical (unpaired) electrons. The molecule has 4 N–H and O–H groups in total. The molecule has 0 heterocycles. The third-order valence-corrected chi connectivity index (χ3v) is 2.29. The SMILES string of the molecule is C[O+]c1ccc(NC(=S)S[NH3+])cc1. The minimum atomic E-state index is 0.658. The fraction of sp³-hybridized carbons (Fsp3) is 0.125. The van der Waals surface area contributed by atoms with Crippen molar-refractivity contribution in [1.82, 2.24) is 0 Å². The molecule has 0 aliphatic rings. The maximum absolute atomic E-state index is 5.02. The zero-order valence-corrected chi connectivity index (χ0v) is 8.87. The van der Waals surface area contributed by atoms with Gasteiger partial charge in [0.05, 0.1) is 0 Å². The average molecular weight is 215 g/mol. The number of methoxy groups -OCH3 is 1. The van der Waals surface area contributed by atoms with Gasteiger partial charge in [0, 0.05) is 17.8 Å². The van der Waals surface area contributed by atoms with Crippen molar-refractivity contribution < 1.29 is 9.88 Å². The standard InChI is InChI=1S/C8H10N2OS2/c1-11-7-4-2-6(3-5-7)10-8(12)13-9/h2-5H,9H2,1H3,(H,10,12)/q+1/p+1. The molecular weight excluding hydrogens is 204 g/mol. The Balaban J connectivity index is 2.64. The molecule has 1 aromatic carbocycles. The zero-order valence-electron chi connectivity index (χ0n) is 7.24. The van der Waals surface area contributed by atoms with Gasteiger partial charge in [0.2, 0.25) is 0 Å². The molecule has 0 fully saturated rings. The summed E-state index contributed by atoms with van der Waals surface area (Å²) in [6.45, 7) is 0. The van der Waals surface area contributed by atoms with Crippen LogP contribution in [0.4, 0.5) is 5.69 Å². The van der Waals surface area contributed by atoms with Gasteiger partial charge in [0.15, 0.2) is 4.32 Å². The van der Waals surface area contributed by atoms with Crippen LogP contribution in [0.1, 0.15) is 0 Å². The first-order valence-electron chi connectivity index (χ1n) is 3.63. The van der Waals surface area contributed by atoms with E-state index < -0.39 is 0 Å². The van der Waals surface area contributed by atoms with Crippen molar-refractivity contribution in [1.29, 1.82) is 0 Å². The third-order valence-electron chi connectivity index (χ3n) is 1.47. The Morgan fingerprint density at radius 3 is 2.54 bits per heavy atom. The molecule has 0 atom stereocenters. The fourth-order valence-corrected chi connectivity index (χ4v) is 1.14. The van der Waals surface area contributed by atoms with Crippen LogP contribution in [0.5, 0.6) is 5.75 Å². The zero-order chi connectivity index (χ0) is 9.68. The first kappa shape index (κ1) is 10.3. The van der Waals surface area contributed by atoms with Crippen molar-refractivity contribution in [3.63, 3.8) is 0 Å². The van der Waals surface area contributed by atoms with Crippen LogP contribution >= 0.6 is 24.2 Å². The Hall–Kier alpha value is -0.780. The second kappa shape index (κ2) is 5.06. The molecule has 69 valence electrons. The average Bonchev–Trinajstić information content (AvgIpc) is 2.19. The van der Waals surface area contributed by atoms with Gasteiger partial charge in [-0.15, -0.1) is 0 Å². The lowest BCUT2D eigenvalue weighted by atomic mass is 10.3. The highest BCUT2D eigenvalue weighted by atomic mass is 32.2. The number of hydrogen-bond donors (Lipinski definition) is 2. The Morgan fingerprint density at radius 2 is 2.08 bits per heavy atom. The lowest BCUT2D eigenvalue weighted by Gasteiger charge is -2.00. The molecule has 0 amide bonds. The minimum absolute atomic E-state index is 0.658. The second-order valence-electron chi connectivity index (χ2n) is 2.29. The molecule has 0 saturated heterocycles. The van der Waals surface area contributed by atoms with E-state index in [1.165, 1.54) is 11.9 Å². The summed E-state index contributed by atoms with van der Waals surface area (Å²) in [7, 11) is 1.64. The van der Waals surface area contributed by atoms with Gasteiger partial charge in [-0.3, -0.25) is 9.88 Å². The quantitative estimate of drug-likeness (QED) is 0.443. The predicted octanol–water partition coefficient (Wildman–Crippen LogP) is 1.28. The van der Waals surface area contributed by atoms with Crippen molar-refractivity contribution >= 4 is 34.2 Å². The molecule has 0 saturated carbocycles. The van der Waals surface area contributed by atoms with Crippen LogP contribution in [0.15, 0.2) is 24.3 Å². The van der Waals surface area contributed by atoms with Crippen LogP contribution in [-0.4, -0.2) is 11.4 Å². The molecule has 0 aromatic heterocycles. The highest BCUT2D eigenvalue weighted by Gasteiger charge is 2.02.